The van der Waals surface area contributed by atoms with E-state index < -0.39 is 17.4 Å². The smallest absolute Gasteiger partial charge is 0.331 e. The van der Waals surface area contributed by atoms with Gasteiger partial charge in [0.2, 0.25) is 0 Å². The SMILES string of the molecule is CCCCOc1c(Cl)cc(C(=O)NC(C)(CC)C(=O)OC)cc1OCC. The third-order valence-electron chi connectivity index (χ3n) is 4.05. The number of unbranched alkanes of at least 4 members (excludes halogenated alkanes) is 1. The van der Waals surface area contributed by atoms with Crippen LogP contribution in [0.1, 0.15) is 57.3 Å². The summed E-state index contributed by atoms with van der Waals surface area (Å²) in [4.78, 5) is 24.6. The number of hydrogen-bond donors (Lipinski definition) is 1. The van der Waals surface area contributed by atoms with E-state index in [4.69, 9.17) is 25.8 Å². The van der Waals surface area contributed by atoms with E-state index >= 15 is 0 Å². The first-order valence-corrected chi connectivity index (χ1v) is 9.20. The molecule has 7 heteroatoms. The van der Waals surface area contributed by atoms with Gasteiger partial charge in [-0.15, -0.1) is 0 Å². The van der Waals surface area contributed by atoms with Crippen LogP contribution in [0.2, 0.25) is 5.02 Å². The second-order valence-electron chi connectivity index (χ2n) is 6.05. The molecule has 0 saturated carbocycles. The highest BCUT2D eigenvalue weighted by atomic mass is 35.5. The van der Waals surface area contributed by atoms with Crippen LogP contribution in [0.4, 0.5) is 0 Å². The minimum absolute atomic E-state index is 0.282. The fourth-order valence-corrected chi connectivity index (χ4v) is 2.52. The Hall–Kier alpha value is -1.95. The monoisotopic (exact) mass is 385 g/mol. The quantitative estimate of drug-likeness (QED) is 0.487. The van der Waals surface area contributed by atoms with Gasteiger partial charge in [0.05, 0.1) is 25.3 Å². The van der Waals surface area contributed by atoms with Crippen LogP contribution in [-0.2, 0) is 9.53 Å². The van der Waals surface area contributed by atoms with E-state index in [9.17, 15) is 9.59 Å². The Balaban J connectivity index is 3.12. The zero-order valence-corrected chi connectivity index (χ0v) is 16.9. The Morgan fingerprint density at radius 1 is 1.19 bits per heavy atom. The lowest BCUT2D eigenvalue weighted by Crippen LogP contribution is -2.52. The highest BCUT2D eigenvalue weighted by molar-refractivity contribution is 6.32. The Kier molecular flexibility index (Phi) is 8.72. The highest BCUT2D eigenvalue weighted by Crippen LogP contribution is 2.37. The van der Waals surface area contributed by atoms with E-state index in [2.05, 4.69) is 12.2 Å². The predicted molar refractivity (Wildman–Crippen MR) is 101 cm³/mol. The number of ether oxygens (including phenoxy) is 3. The Morgan fingerprint density at radius 3 is 2.42 bits per heavy atom. The number of halogens is 1. The molecule has 26 heavy (non-hydrogen) atoms. The summed E-state index contributed by atoms with van der Waals surface area (Å²) in [5.41, 5.74) is -0.842. The van der Waals surface area contributed by atoms with Crippen molar-refractivity contribution in [3.8, 4) is 11.5 Å². The molecule has 0 aliphatic carbocycles. The number of carbonyl (C=O) groups is 2. The molecule has 0 radical (unpaired) electrons. The molecule has 1 atom stereocenters. The Bertz CT molecular complexity index is 635. The summed E-state index contributed by atoms with van der Waals surface area (Å²) >= 11 is 6.31. The molecule has 1 amide bonds. The van der Waals surface area contributed by atoms with Crippen LogP contribution < -0.4 is 14.8 Å². The molecule has 0 fully saturated rings. The fraction of sp³-hybridized carbons (Fsp3) is 0.579. The van der Waals surface area contributed by atoms with Gasteiger partial charge in [0.15, 0.2) is 11.5 Å². The zero-order valence-electron chi connectivity index (χ0n) is 16.1. The third kappa shape index (κ3) is 5.53. The van der Waals surface area contributed by atoms with Gasteiger partial charge < -0.3 is 19.5 Å². The first kappa shape index (κ1) is 22.1. The van der Waals surface area contributed by atoms with Crippen molar-refractivity contribution in [2.24, 2.45) is 0 Å². The average molecular weight is 386 g/mol. The molecule has 6 nitrogen and oxygen atoms in total. The van der Waals surface area contributed by atoms with Crippen LogP contribution in [0.15, 0.2) is 12.1 Å². The van der Waals surface area contributed by atoms with Gasteiger partial charge in [-0.05, 0) is 38.8 Å². The van der Waals surface area contributed by atoms with Crippen molar-refractivity contribution in [1.29, 1.82) is 0 Å². The molecular formula is C19H28ClNO5. The number of methoxy groups -OCH3 is 1. The molecule has 0 bridgehead atoms. The number of esters is 1. The van der Waals surface area contributed by atoms with Crippen molar-refractivity contribution in [2.75, 3.05) is 20.3 Å². The van der Waals surface area contributed by atoms with Crippen LogP contribution in [0, 0.1) is 0 Å². The summed E-state index contributed by atoms with van der Waals surface area (Å²) in [7, 11) is 1.29. The van der Waals surface area contributed by atoms with Gasteiger partial charge in [0.1, 0.15) is 5.54 Å². The number of hydrogen-bond acceptors (Lipinski definition) is 5. The summed E-state index contributed by atoms with van der Waals surface area (Å²) < 4.78 is 16.1. The lowest BCUT2D eigenvalue weighted by atomic mass is 9.98. The van der Waals surface area contributed by atoms with Gasteiger partial charge in [-0.2, -0.15) is 0 Å². The molecule has 0 spiro atoms. The number of nitrogens with one attached hydrogen (secondary N) is 1. The van der Waals surface area contributed by atoms with Crippen molar-refractivity contribution >= 4 is 23.5 Å². The highest BCUT2D eigenvalue weighted by Gasteiger charge is 2.34. The van der Waals surface area contributed by atoms with Crippen LogP contribution in [-0.4, -0.2) is 37.7 Å². The van der Waals surface area contributed by atoms with Crippen LogP contribution >= 0.6 is 11.6 Å². The van der Waals surface area contributed by atoms with E-state index in [0.29, 0.717) is 31.1 Å². The molecule has 1 unspecified atom stereocenters. The van der Waals surface area contributed by atoms with E-state index in [0.717, 1.165) is 12.8 Å². The molecule has 0 aliphatic rings. The molecule has 1 aromatic rings. The summed E-state index contributed by atoms with van der Waals surface area (Å²) in [6.07, 6.45) is 2.26. The first-order valence-electron chi connectivity index (χ1n) is 8.82. The number of rotatable bonds is 10. The summed E-state index contributed by atoms with van der Waals surface area (Å²) in [6.45, 7) is 8.22. The van der Waals surface area contributed by atoms with Crippen LogP contribution in [0.5, 0.6) is 11.5 Å². The summed E-state index contributed by atoms with van der Waals surface area (Å²) in [5, 5.41) is 3.00. The zero-order chi connectivity index (χ0) is 19.7. The lowest BCUT2D eigenvalue weighted by Gasteiger charge is -2.26. The van der Waals surface area contributed by atoms with E-state index in [-0.39, 0.29) is 10.6 Å². The summed E-state index contributed by atoms with van der Waals surface area (Å²) in [6, 6.07) is 3.08. The fourth-order valence-electron chi connectivity index (χ4n) is 2.25. The van der Waals surface area contributed by atoms with Crippen LogP contribution in [0.3, 0.4) is 0 Å². The Labute approximate surface area is 160 Å². The molecule has 0 heterocycles. The molecule has 1 N–H and O–H groups in total. The molecule has 1 rings (SSSR count). The van der Waals surface area contributed by atoms with Gasteiger partial charge in [0, 0.05) is 5.56 Å². The van der Waals surface area contributed by atoms with E-state index in [1.165, 1.54) is 13.2 Å². The topological polar surface area (TPSA) is 73.9 Å². The number of amides is 1. The van der Waals surface area contributed by atoms with Crippen molar-refractivity contribution in [3.63, 3.8) is 0 Å². The molecule has 0 aromatic heterocycles. The number of carbonyl (C=O) groups excluding carboxylic acids is 2. The Morgan fingerprint density at radius 2 is 1.88 bits per heavy atom. The van der Waals surface area contributed by atoms with Gasteiger partial charge in [-0.25, -0.2) is 4.79 Å². The molecule has 0 saturated heterocycles. The van der Waals surface area contributed by atoms with E-state index in [1.807, 2.05) is 6.92 Å². The predicted octanol–water partition coefficient (Wildman–Crippen LogP) is 3.99. The summed E-state index contributed by atoms with van der Waals surface area (Å²) in [5.74, 6) is -0.131. The average Bonchev–Trinajstić information content (AvgIpc) is 2.62. The van der Waals surface area contributed by atoms with Crippen molar-refractivity contribution in [3.05, 3.63) is 22.7 Å². The standard InChI is InChI=1S/C19H28ClNO5/c1-6-9-10-26-16-14(20)11-13(12-15(16)25-8-3)17(22)21-19(4,7-2)18(23)24-5/h11-12H,6-10H2,1-5H3,(H,21,22). The second kappa shape index (κ2) is 10.3. The van der Waals surface area contributed by atoms with Crippen molar-refractivity contribution in [1.82, 2.24) is 5.32 Å². The van der Waals surface area contributed by atoms with Crippen LogP contribution in [0.25, 0.3) is 0 Å². The first-order chi connectivity index (χ1) is 12.3. The third-order valence-corrected chi connectivity index (χ3v) is 4.33. The lowest BCUT2D eigenvalue weighted by molar-refractivity contribution is -0.147. The minimum Gasteiger partial charge on any atom is -0.490 e. The molecular weight excluding hydrogens is 358 g/mol. The number of benzene rings is 1. The maximum absolute atomic E-state index is 12.6. The molecule has 0 aliphatic heterocycles. The maximum Gasteiger partial charge on any atom is 0.331 e. The largest absolute Gasteiger partial charge is 0.490 e. The second-order valence-corrected chi connectivity index (χ2v) is 6.46. The van der Waals surface area contributed by atoms with Gasteiger partial charge in [-0.3, -0.25) is 4.79 Å². The van der Waals surface area contributed by atoms with Gasteiger partial charge in [-0.1, -0.05) is 31.9 Å². The molecule has 146 valence electrons. The van der Waals surface area contributed by atoms with E-state index in [1.54, 1.807) is 19.9 Å². The van der Waals surface area contributed by atoms with Gasteiger partial charge >= 0.3 is 5.97 Å². The maximum atomic E-state index is 12.6. The molecule has 1 aromatic carbocycles. The van der Waals surface area contributed by atoms with Crippen molar-refractivity contribution < 1.29 is 23.8 Å². The van der Waals surface area contributed by atoms with Gasteiger partial charge in [0.25, 0.3) is 5.91 Å². The minimum atomic E-state index is -1.12. The van der Waals surface area contributed by atoms with Crippen molar-refractivity contribution in [2.45, 2.75) is 52.5 Å². The normalized spacial score (nSPS) is 12.8.